The maximum atomic E-state index is 13.5. The third kappa shape index (κ3) is 3.25. The van der Waals surface area contributed by atoms with Gasteiger partial charge in [0.1, 0.15) is 12.4 Å². The molecule has 0 saturated heterocycles. The maximum absolute atomic E-state index is 13.5. The summed E-state index contributed by atoms with van der Waals surface area (Å²) in [4.78, 5) is 9.75. The minimum absolute atomic E-state index is 0.0506. The van der Waals surface area contributed by atoms with E-state index in [0.717, 1.165) is 12.1 Å². The number of non-ortho nitro benzene ring substituents is 1. The molecule has 6 heteroatoms. The van der Waals surface area contributed by atoms with Gasteiger partial charge in [0.15, 0.2) is 11.6 Å². The van der Waals surface area contributed by atoms with E-state index in [4.69, 9.17) is 4.74 Å². The van der Waals surface area contributed by atoms with Crippen molar-refractivity contribution in [2.24, 2.45) is 0 Å². The molecule has 19 heavy (non-hydrogen) atoms. The van der Waals surface area contributed by atoms with E-state index in [9.17, 15) is 18.9 Å². The summed E-state index contributed by atoms with van der Waals surface area (Å²) in [5, 5.41) is 10.4. The van der Waals surface area contributed by atoms with Gasteiger partial charge in [-0.15, -0.1) is 0 Å². The third-order valence-electron chi connectivity index (χ3n) is 2.43. The van der Waals surface area contributed by atoms with Crippen LogP contribution < -0.4 is 4.74 Å². The zero-order chi connectivity index (χ0) is 13.8. The van der Waals surface area contributed by atoms with Gasteiger partial charge in [0.2, 0.25) is 0 Å². The van der Waals surface area contributed by atoms with Crippen LogP contribution in [0.4, 0.5) is 14.5 Å². The summed E-state index contributed by atoms with van der Waals surface area (Å²) in [6, 6.07) is 8.70. The molecule has 0 N–H and O–H groups in total. The second-order valence-electron chi connectivity index (χ2n) is 3.79. The Morgan fingerprint density at radius 3 is 2.37 bits per heavy atom. The molecule has 0 aliphatic rings. The van der Waals surface area contributed by atoms with Crippen LogP contribution in [0.5, 0.6) is 5.75 Å². The number of nitrogens with zero attached hydrogens (tertiary/aromatic N) is 1. The molecule has 2 aromatic rings. The Bertz CT molecular complexity index is 599. The largest absolute Gasteiger partial charge is 0.486 e. The molecule has 0 radical (unpaired) electrons. The van der Waals surface area contributed by atoms with Crippen molar-refractivity contribution in [2.75, 3.05) is 0 Å². The smallest absolute Gasteiger partial charge is 0.272 e. The number of halogens is 2. The number of nitro benzene ring substituents is 1. The molecule has 0 saturated carbocycles. The van der Waals surface area contributed by atoms with Crippen LogP contribution in [-0.2, 0) is 6.61 Å². The van der Waals surface area contributed by atoms with Gasteiger partial charge in [-0.25, -0.2) is 8.78 Å². The van der Waals surface area contributed by atoms with Gasteiger partial charge in [-0.05, 0) is 23.8 Å². The first-order valence-electron chi connectivity index (χ1n) is 5.37. The standard InChI is InChI=1S/C13H9F2NO3/c14-10-3-1-9(2-4-10)8-19-13-6-5-11(16(17)18)7-12(13)15/h1-7H,8H2. The lowest BCUT2D eigenvalue weighted by Gasteiger charge is -2.07. The Morgan fingerprint density at radius 1 is 1.11 bits per heavy atom. The highest BCUT2D eigenvalue weighted by Crippen LogP contribution is 2.23. The zero-order valence-electron chi connectivity index (χ0n) is 9.68. The molecular formula is C13H9F2NO3. The molecule has 4 nitrogen and oxygen atoms in total. The molecule has 0 unspecified atom stereocenters. The number of rotatable bonds is 4. The summed E-state index contributed by atoms with van der Waals surface area (Å²) in [5.74, 6) is -1.27. The van der Waals surface area contributed by atoms with Crippen molar-refractivity contribution in [3.8, 4) is 5.75 Å². The van der Waals surface area contributed by atoms with Crippen molar-refractivity contribution in [3.05, 3.63) is 69.8 Å². The minimum atomic E-state index is -0.809. The highest BCUT2D eigenvalue weighted by atomic mass is 19.1. The molecular weight excluding hydrogens is 256 g/mol. The maximum Gasteiger partial charge on any atom is 0.272 e. The first-order valence-corrected chi connectivity index (χ1v) is 5.37. The molecule has 0 heterocycles. The van der Waals surface area contributed by atoms with Crippen LogP contribution in [-0.4, -0.2) is 4.92 Å². The van der Waals surface area contributed by atoms with Crippen LogP contribution in [0.25, 0.3) is 0 Å². The Morgan fingerprint density at radius 2 is 1.79 bits per heavy atom. The Balaban J connectivity index is 2.07. The SMILES string of the molecule is O=[N+]([O-])c1ccc(OCc2ccc(F)cc2)c(F)c1. The van der Waals surface area contributed by atoms with E-state index in [1.807, 2.05) is 0 Å². The zero-order valence-corrected chi connectivity index (χ0v) is 9.68. The van der Waals surface area contributed by atoms with Crippen LogP contribution in [0.3, 0.4) is 0 Å². The van der Waals surface area contributed by atoms with Gasteiger partial charge in [0.05, 0.1) is 11.0 Å². The highest BCUT2D eigenvalue weighted by molar-refractivity contribution is 5.37. The van der Waals surface area contributed by atoms with E-state index in [0.29, 0.717) is 5.56 Å². The molecule has 0 aliphatic heterocycles. The summed E-state index contributed by atoms with van der Waals surface area (Å²) in [6.45, 7) is 0.0506. The van der Waals surface area contributed by atoms with Crippen LogP contribution >= 0.6 is 0 Å². The fourth-order valence-corrected chi connectivity index (χ4v) is 1.46. The Labute approximate surface area is 107 Å². The first kappa shape index (κ1) is 12.9. The monoisotopic (exact) mass is 265 g/mol. The molecule has 0 atom stereocenters. The van der Waals surface area contributed by atoms with Crippen LogP contribution in [0, 0.1) is 21.7 Å². The summed E-state index contributed by atoms with van der Waals surface area (Å²) in [6.07, 6.45) is 0. The van der Waals surface area contributed by atoms with E-state index in [1.165, 1.54) is 30.3 Å². The highest BCUT2D eigenvalue weighted by Gasteiger charge is 2.11. The van der Waals surface area contributed by atoms with E-state index in [1.54, 1.807) is 0 Å². The van der Waals surface area contributed by atoms with Gasteiger partial charge < -0.3 is 4.74 Å². The predicted octanol–water partition coefficient (Wildman–Crippen LogP) is 3.45. The third-order valence-corrected chi connectivity index (χ3v) is 2.43. The molecule has 0 aliphatic carbocycles. The molecule has 2 rings (SSSR count). The molecule has 2 aromatic carbocycles. The van der Waals surface area contributed by atoms with Crippen molar-refractivity contribution in [1.29, 1.82) is 0 Å². The molecule has 0 amide bonds. The Hall–Kier alpha value is -2.50. The van der Waals surface area contributed by atoms with Crippen molar-refractivity contribution in [1.82, 2.24) is 0 Å². The van der Waals surface area contributed by atoms with Crippen molar-refractivity contribution in [3.63, 3.8) is 0 Å². The van der Waals surface area contributed by atoms with E-state index in [2.05, 4.69) is 0 Å². The summed E-state index contributed by atoms with van der Waals surface area (Å²) < 4.78 is 31.3. The fraction of sp³-hybridized carbons (Fsp3) is 0.0769. The molecule has 98 valence electrons. The van der Waals surface area contributed by atoms with Gasteiger partial charge in [-0.1, -0.05) is 12.1 Å². The van der Waals surface area contributed by atoms with Crippen LogP contribution in [0.15, 0.2) is 42.5 Å². The summed E-state index contributed by atoms with van der Waals surface area (Å²) in [5.41, 5.74) is 0.325. The van der Waals surface area contributed by atoms with E-state index >= 15 is 0 Å². The number of nitro groups is 1. The van der Waals surface area contributed by atoms with Crippen molar-refractivity contribution in [2.45, 2.75) is 6.61 Å². The number of ether oxygens (including phenoxy) is 1. The average Bonchev–Trinajstić information content (AvgIpc) is 2.39. The quantitative estimate of drug-likeness (QED) is 0.628. The number of benzene rings is 2. The topological polar surface area (TPSA) is 52.4 Å². The lowest BCUT2D eigenvalue weighted by Crippen LogP contribution is -1.98. The van der Waals surface area contributed by atoms with E-state index < -0.39 is 10.7 Å². The second-order valence-corrected chi connectivity index (χ2v) is 3.79. The van der Waals surface area contributed by atoms with Crippen molar-refractivity contribution >= 4 is 5.69 Å². The van der Waals surface area contributed by atoms with Gasteiger partial charge in [0, 0.05) is 6.07 Å². The van der Waals surface area contributed by atoms with Crippen LogP contribution in [0.1, 0.15) is 5.56 Å². The van der Waals surface area contributed by atoms with E-state index in [-0.39, 0.29) is 23.9 Å². The number of hydrogen-bond acceptors (Lipinski definition) is 3. The van der Waals surface area contributed by atoms with Gasteiger partial charge in [-0.3, -0.25) is 10.1 Å². The fourth-order valence-electron chi connectivity index (χ4n) is 1.46. The molecule has 0 bridgehead atoms. The van der Waals surface area contributed by atoms with Gasteiger partial charge in [-0.2, -0.15) is 0 Å². The normalized spacial score (nSPS) is 10.2. The first-order chi connectivity index (χ1) is 9.06. The Kier molecular flexibility index (Phi) is 3.70. The van der Waals surface area contributed by atoms with Gasteiger partial charge in [0.25, 0.3) is 5.69 Å². The second kappa shape index (κ2) is 5.43. The lowest BCUT2D eigenvalue weighted by atomic mass is 10.2. The van der Waals surface area contributed by atoms with Crippen molar-refractivity contribution < 1.29 is 18.4 Å². The summed E-state index contributed by atoms with van der Waals surface area (Å²) >= 11 is 0. The molecule has 0 aromatic heterocycles. The summed E-state index contributed by atoms with van der Waals surface area (Å²) in [7, 11) is 0. The number of hydrogen-bond donors (Lipinski definition) is 0. The minimum Gasteiger partial charge on any atom is -0.486 e. The predicted molar refractivity (Wildman–Crippen MR) is 63.8 cm³/mol. The average molecular weight is 265 g/mol. The molecule has 0 fully saturated rings. The lowest BCUT2D eigenvalue weighted by molar-refractivity contribution is -0.385. The van der Waals surface area contributed by atoms with Crippen LogP contribution in [0.2, 0.25) is 0 Å². The van der Waals surface area contributed by atoms with Gasteiger partial charge >= 0.3 is 0 Å². The molecule has 0 spiro atoms.